The first kappa shape index (κ1) is 20.3. The second-order valence-corrected chi connectivity index (χ2v) is 9.46. The van der Waals surface area contributed by atoms with Gasteiger partial charge in [-0.15, -0.1) is 0 Å². The van der Waals surface area contributed by atoms with Gasteiger partial charge in [0.05, 0.1) is 0 Å². The zero-order valence-corrected chi connectivity index (χ0v) is 18.4. The summed E-state index contributed by atoms with van der Waals surface area (Å²) < 4.78 is 0. The van der Waals surface area contributed by atoms with Gasteiger partial charge < -0.3 is 0 Å². The molecule has 158 valence electrons. The summed E-state index contributed by atoms with van der Waals surface area (Å²) in [7, 11) is 0. The first-order valence-corrected chi connectivity index (χ1v) is 11.9. The van der Waals surface area contributed by atoms with Crippen LogP contribution in [0.3, 0.4) is 0 Å². The summed E-state index contributed by atoms with van der Waals surface area (Å²) >= 11 is 0. The Morgan fingerprint density at radius 1 is 0.742 bits per heavy atom. The van der Waals surface area contributed by atoms with Crippen molar-refractivity contribution in [3.8, 4) is 0 Å². The monoisotopic (exact) mass is 407 g/mol. The molecule has 1 aliphatic carbocycles. The number of nitrogens with zero attached hydrogens (tertiary/aromatic N) is 1. The van der Waals surface area contributed by atoms with Crippen LogP contribution in [0.1, 0.15) is 53.9 Å². The average Bonchev–Trinajstić information content (AvgIpc) is 3.60. The van der Waals surface area contributed by atoms with Gasteiger partial charge in [-0.25, -0.2) is 0 Å². The maximum Gasteiger partial charge on any atom is 0.0233 e. The van der Waals surface area contributed by atoms with Gasteiger partial charge >= 0.3 is 0 Å². The van der Waals surface area contributed by atoms with E-state index in [1.807, 2.05) is 0 Å². The van der Waals surface area contributed by atoms with Crippen molar-refractivity contribution in [3.63, 3.8) is 0 Å². The van der Waals surface area contributed by atoms with Crippen LogP contribution < -0.4 is 0 Å². The molecule has 1 aliphatic heterocycles. The number of rotatable bonds is 7. The Labute approximate surface area is 187 Å². The van der Waals surface area contributed by atoms with E-state index in [0.717, 1.165) is 24.3 Å². The zero-order valence-electron chi connectivity index (χ0n) is 18.4. The fourth-order valence-corrected chi connectivity index (χ4v) is 5.23. The summed E-state index contributed by atoms with van der Waals surface area (Å²) in [6.07, 6.45) is 10.0. The SMILES string of the molecule is C(=C\c1cccc(CN2CCC(C[C@@H]3C[C@H]3c3ccccc3)CC2)c1)/c1ccccc1. The Hall–Kier alpha value is -2.64. The van der Waals surface area contributed by atoms with Crippen LogP contribution in [0.4, 0.5) is 0 Å². The topological polar surface area (TPSA) is 3.24 Å². The van der Waals surface area contributed by atoms with Crippen molar-refractivity contribution in [2.24, 2.45) is 11.8 Å². The molecular formula is C30H33N. The predicted octanol–water partition coefficient (Wildman–Crippen LogP) is 7.26. The van der Waals surface area contributed by atoms with Gasteiger partial charge in [-0.1, -0.05) is 97.1 Å². The maximum absolute atomic E-state index is 2.65. The van der Waals surface area contributed by atoms with Gasteiger partial charge in [0.25, 0.3) is 0 Å². The highest BCUT2D eigenvalue weighted by atomic mass is 15.1. The molecule has 0 spiro atoms. The number of likely N-dealkylation sites (tertiary alicyclic amines) is 1. The highest BCUT2D eigenvalue weighted by Crippen LogP contribution is 2.51. The van der Waals surface area contributed by atoms with E-state index in [2.05, 4.69) is 102 Å². The standard InChI is InChI=1S/C30H33N/c1-3-8-24(9-4-1)14-15-25-10-7-11-27(20-25)23-31-18-16-26(17-19-31)21-29-22-30(29)28-12-5-2-6-13-28/h1-15,20,26,29-30H,16-19,21-23H2/b15-14+/t29-,30+/m1/s1. The van der Waals surface area contributed by atoms with E-state index in [-0.39, 0.29) is 0 Å². The number of piperidine rings is 1. The average molecular weight is 408 g/mol. The summed E-state index contributed by atoms with van der Waals surface area (Å²) in [5.41, 5.74) is 5.53. The highest BCUT2D eigenvalue weighted by molar-refractivity contribution is 5.69. The molecule has 0 aromatic heterocycles. The van der Waals surface area contributed by atoms with Gasteiger partial charge in [0, 0.05) is 6.54 Å². The largest absolute Gasteiger partial charge is 0.299 e. The fraction of sp³-hybridized carbons (Fsp3) is 0.333. The van der Waals surface area contributed by atoms with E-state index in [9.17, 15) is 0 Å². The van der Waals surface area contributed by atoms with Crippen molar-refractivity contribution in [1.82, 2.24) is 4.90 Å². The fourth-order valence-electron chi connectivity index (χ4n) is 5.23. The molecule has 2 atom stereocenters. The van der Waals surface area contributed by atoms with E-state index >= 15 is 0 Å². The van der Waals surface area contributed by atoms with E-state index in [1.54, 1.807) is 5.56 Å². The molecule has 3 aromatic carbocycles. The Balaban J connectivity index is 1.09. The molecule has 1 heterocycles. The van der Waals surface area contributed by atoms with E-state index in [0.29, 0.717) is 0 Å². The molecule has 2 fully saturated rings. The van der Waals surface area contributed by atoms with Gasteiger partial charge in [0.15, 0.2) is 0 Å². The van der Waals surface area contributed by atoms with Crippen molar-refractivity contribution in [2.45, 2.75) is 38.1 Å². The maximum atomic E-state index is 2.65. The molecule has 1 nitrogen and oxygen atoms in total. The number of hydrogen-bond donors (Lipinski definition) is 0. The molecule has 5 rings (SSSR count). The van der Waals surface area contributed by atoms with Crippen LogP contribution in [0.15, 0.2) is 84.9 Å². The Kier molecular flexibility index (Phi) is 6.32. The van der Waals surface area contributed by atoms with E-state index in [4.69, 9.17) is 0 Å². The summed E-state index contributed by atoms with van der Waals surface area (Å²) in [5, 5.41) is 0. The quantitative estimate of drug-likeness (QED) is 0.372. The van der Waals surface area contributed by atoms with Crippen LogP contribution in [0, 0.1) is 11.8 Å². The lowest BCUT2D eigenvalue weighted by atomic mass is 9.90. The van der Waals surface area contributed by atoms with Crippen LogP contribution in [-0.2, 0) is 6.54 Å². The van der Waals surface area contributed by atoms with E-state index < -0.39 is 0 Å². The van der Waals surface area contributed by atoms with Crippen molar-refractivity contribution >= 4 is 12.2 Å². The van der Waals surface area contributed by atoms with Crippen LogP contribution in [-0.4, -0.2) is 18.0 Å². The lowest BCUT2D eigenvalue weighted by Crippen LogP contribution is -2.33. The highest BCUT2D eigenvalue weighted by Gasteiger charge is 2.39. The molecule has 1 saturated carbocycles. The van der Waals surface area contributed by atoms with Crippen LogP contribution in [0.5, 0.6) is 0 Å². The molecule has 0 unspecified atom stereocenters. The third kappa shape index (κ3) is 5.54. The van der Waals surface area contributed by atoms with Crippen molar-refractivity contribution in [2.75, 3.05) is 13.1 Å². The molecule has 31 heavy (non-hydrogen) atoms. The van der Waals surface area contributed by atoms with Gasteiger partial charge in [-0.05, 0) is 78.8 Å². The van der Waals surface area contributed by atoms with Crippen LogP contribution in [0.25, 0.3) is 12.2 Å². The van der Waals surface area contributed by atoms with Gasteiger partial charge in [-0.2, -0.15) is 0 Å². The third-order valence-electron chi connectivity index (χ3n) is 7.12. The first-order valence-electron chi connectivity index (χ1n) is 11.9. The normalized spacial score (nSPS) is 22.1. The third-order valence-corrected chi connectivity index (χ3v) is 7.12. The minimum Gasteiger partial charge on any atom is -0.299 e. The lowest BCUT2D eigenvalue weighted by molar-refractivity contribution is 0.168. The molecule has 3 aromatic rings. The molecule has 2 aliphatic rings. The zero-order chi connectivity index (χ0) is 20.9. The molecule has 0 radical (unpaired) electrons. The number of hydrogen-bond acceptors (Lipinski definition) is 1. The number of benzene rings is 3. The Morgan fingerprint density at radius 2 is 1.42 bits per heavy atom. The van der Waals surface area contributed by atoms with Crippen molar-refractivity contribution in [3.05, 3.63) is 107 Å². The Morgan fingerprint density at radius 3 is 2.19 bits per heavy atom. The first-order chi connectivity index (χ1) is 15.3. The second kappa shape index (κ2) is 9.66. The summed E-state index contributed by atoms with van der Waals surface area (Å²) in [6.45, 7) is 3.57. The van der Waals surface area contributed by atoms with Crippen LogP contribution >= 0.6 is 0 Å². The molecule has 1 heteroatoms. The molecule has 0 amide bonds. The molecule has 1 saturated heterocycles. The Bertz CT molecular complexity index is 983. The second-order valence-electron chi connectivity index (χ2n) is 9.46. The smallest absolute Gasteiger partial charge is 0.0233 e. The van der Waals surface area contributed by atoms with Crippen molar-refractivity contribution < 1.29 is 0 Å². The van der Waals surface area contributed by atoms with E-state index in [1.165, 1.54) is 55.5 Å². The summed E-state index contributed by atoms with van der Waals surface area (Å²) in [5.74, 6) is 2.70. The summed E-state index contributed by atoms with van der Waals surface area (Å²) in [6, 6.07) is 30.7. The van der Waals surface area contributed by atoms with Crippen molar-refractivity contribution in [1.29, 1.82) is 0 Å². The van der Waals surface area contributed by atoms with Gasteiger partial charge in [-0.3, -0.25) is 4.90 Å². The van der Waals surface area contributed by atoms with Crippen LogP contribution in [0.2, 0.25) is 0 Å². The predicted molar refractivity (Wildman–Crippen MR) is 132 cm³/mol. The molecule has 0 bridgehead atoms. The minimum atomic E-state index is 0.839. The molecule has 0 N–H and O–H groups in total. The summed E-state index contributed by atoms with van der Waals surface area (Å²) in [4.78, 5) is 2.65. The lowest BCUT2D eigenvalue weighted by Gasteiger charge is -2.32. The minimum absolute atomic E-state index is 0.839. The van der Waals surface area contributed by atoms with Gasteiger partial charge in [0.2, 0.25) is 0 Å². The van der Waals surface area contributed by atoms with Gasteiger partial charge in [0.1, 0.15) is 0 Å². The molecular weight excluding hydrogens is 374 g/mol.